The number of benzene rings is 1. The molecule has 0 saturated carbocycles. The van der Waals surface area contributed by atoms with Gasteiger partial charge in [-0.2, -0.15) is 5.10 Å². The third-order valence-electron chi connectivity index (χ3n) is 3.49. The first kappa shape index (κ1) is 14.8. The first-order valence-corrected chi connectivity index (χ1v) is 7.21. The Balaban J connectivity index is 1.83. The molecule has 0 aliphatic rings. The van der Waals surface area contributed by atoms with Crippen molar-refractivity contribution in [2.24, 2.45) is 0 Å². The number of anilines is 1. The van der Waals surface area contributed by atoms with E-state index in [2.05, 4.69) is 10.1 Å². The van der Waals surface area contributed by atoms with Crippen LogP contribution in [0.2, 0.25) is 0 Å². The molecule has 0 aliphatic carbocycles. The molecule has 2 aromatic heterocycles. The van der Waals surface area contributed by atoms with E-state index in [4.69, 9.17) is 5.73 Å². The zero-order valence-electron chi connectivity index (χ0n) is 12.8. The summed E-state index contributed by atoms with van der Waals surface area (Å²) in [5.41, 5.74) is 7.92. The third kappa shape index (κ3) is 3.21. The predicted octanol–water partition coefficient (Wildman–Crippen LogP) is 2.12. The van der Waals surface area contributed by atoms with E-state index in [0.29, 0.717) is 18.1 Å². The Hall–Kier alpha value is -3.15. The van der Waals surface area contributed by atoms with Gasteiger partial charge in [-0.05, 0) is 29.8 Å². The van der Waals surface area contributed by atoms with Gasteiger partial charge in [0, 0.05) is 26.0 Å². The standard InChI is InChI=1S/C17H17N5O/c1-21(17(23)14-7-4-9-16(18)20-14)12-13-6-2-3-8-15(13)22-11-5-10-19-22/h2-11H,12H2,1H3,(H2,18,20). The minimum atomic E-state index is -0.174. The van der Waals surface area contributed by atoms with E-state index in [-0.39, 0.29) is 5.91 Å². The summed E-state index contributed by atoms with van der Waals surface area (Å²) in [7, 11) is 1.74. The lowest BCUT2D eigenvalue weighted by molar-refractivity contribution is 0.0779. The molecule has 6 nitrogen and oxygen atoms in total. The lowest BCUT2D eigenvalue weighted by Gasteiger charge is -2.19. The van der Waals surface area contributed by atoms with E-state index in [9.17, 15) is 4.79 Å². The quantitative estimate of drug-likeness (QED) is 0.801. The number of hydrogen-bond donors (Lipinski definition) is 1. The molecule has 6 heteroatoms. The zero-order valence-corrected chi connectivity index (χ0v) is 12.8. The Bertz CT molecular complexity index is 813. The molecule has 1 amide bonds. The first-order valence-electron chi connectivity index (χ1n) is 7.21. The second-order valence-corrected chi connectivity index (χ2v) is 5.19. The minimum Gasteiger partial charge on any atom is -0.384 e. The lowest BCUT2D eigenvalue weighted by atomic mass is 10.1. The Kier molecular flexibility index (Phi) is 4.05. The van der Waals surface area contributed by atoms with Crippen molar-refractivity contribution in [2.45, 2.75) is 6.54 Å². The molecule has 3 aromatic rings. The van der Waals surface area contributed by atoms with Gasteiger partial charge in [-0.3, -0.25) is 4.79 Å². The fourth-order valence-corrected chi connectivity index (χ4v) is 2.37. The number of carbonyl (C=O) groups is 1. The van der Waals surface area contributed by atoms with Crippen molar-refractivity contribution in [3.05, 3.63) is 72.2 Å². The van der Waals surface area contributed by atoms with Crippen molar-refractivity contribution in [2.75, 3.05) is 12.8 Å². The second kappa shape index (κ2) is 6.31. The van der Waals surface area contributed by atoms with Gasteiger partial charge in [0.1, 0.15) is 11.5 Å². The SMILES string of the molecule is CN(Cc1ccccc1-n1cccn1)C(=O)c1cccc(N)n1. The van der Waals surface area contributed by atoms with Gasteiger partial charge in [0.05, 0.1) is 5.69 Å². The Morgan fingerprint density at radius 2 is 2.00 bits per heavy atom. The summed E-state index contributed by atoms with van der Waals surface area (Å²) >= 11 is 0. The van der Waals surface area contributed by atoms with Gasteiger partial charge in [-0.1, -0.05) is 24.3 Å². The van der Waals surface area contributed by atoms with Crippen molar-refractivity contribution in [3.8, 4) is 5.69 Å². The first-order chi connectivity index (χ1) is 11.1. The van der Waals surface area contributed by atoms with E-state index in [0.717, 1.165) is 11.3 Å². The Morgan fingerprint density at radius 1 is 1.17 bits per heavy atom. The fraction of sp³-hybridized carbons (Fsp3) is 0.118. The lowest BCUT2D eigenvalue weighted by Crippen LogP contribution is -2.27. The van der Waals surface area contributed by atoms with Crippen LogP contribution in [0, 0.1) is 0 Å². The molecule has 2 N–H and O–H groups in total. The summed E-state index contributed by atoms with van der Waals surface area (Å²) in [5, 5.41) is 4.25. The molecule has 0 fully saturated rings. The maximum absolute atomic E-state index is 12.5. The largest absolute Gasteiger partial charge is 0.384 e. The van der Waals surface area contributed by atoms with Crippen LogP contribution in [0.4, 0.5) is 5.82 Å². The number of nitrogens with zero attached hydrogens (tertiary/aromatic N) is 4. The highest BCUT2D eigenvalue weighted by molar-refractivity contribution is 5.92. The number of nitrogens with two attached hydrogens (primary N) is 1. The summed E-state index contributed by atoms with van der Waals surface area (Å²) in [4.78, 5) is 18.2. The summed E-state index contributed by atoms with van der Waals surface area (Å²) in [6, 6.07) is 14.7. The molecule has 1 aromatic carbocycles. The van der Waals surface area contributed by atoms with Gasteiger partial charge in [0.25, 0.3) is 5.91 Å². The maximum Gasteiger partial charge on any atom is 0.272 e. The van der Waals surface area contributed by atoms with Gasteiger partial charge in [0.15, 0.2) is 0 Å². The molecule has 0 spiro atoms. The van der Waals surface area contributed by atoms with E-state index < -0.39 is 0 Å². The summed E-state index contributed by atoms with van der Waals surface area (Å²) in [5.74, 6) is 0.161. The van der Waals surface area contributed by atoms with Crippen LogP contribution in [0.1, 0.15) is 16.1 Å². The van der Waals surface area contributed by atoms with Crippen molar-refractivity contribution < 1.29 is 4.79 Å². The Morgan fingerprint density at radius 3 is 2.74 bits per heavy atom. The van der Waals surface area contributed by atoms with E-state index in [1.807, 2.05) is 36.5 Å². The van der Waals surface area contributed by atoms with Crippen molar-refractivity contribution in [1.82, 2.24) is 19.7 Å². The number of nitrogen functional groups attached to an aromatic ring is 1. The normalized spacial score (nSPS) is 10.5. The molecule has 0 saturated heterocycles. The second-order valence-electron chi connectivity index (χ2n) is 5.19. The van der Waals surface area contributed by atoms with Crippen LogP contribution >= 0.6 is 0 Å². The molecule has 2 heterocycles. The van der Waals surface area contributed by atoms with Crippen molar-refractivity contribution in [1.29, 1.82) is 0 Å². The van der Waals surface area contributed by atoms with Gasteiger partial charge in [0.2, 0.25) is 0 Å². The molecule has 116 valence electrons. The smallest absolute Gasteiger partial charge is 0.272 e. The molecule has 0 unspecified atom stereocenters. The molecule has 0 atom stereocenters. The van der Waals surface area contributed by atoms with Gasteiger partial charge >= 0.3 is 0 Å². The monoisotopic (exact) mass is 307 g/mol. The van der Waals surface area contributed by atoms with Crippen molar-refractivity contribution >= 4 is 11.7 Å². The van der Waals surface area contributed by atoms with Crippen LogP contribution in [0.15, 0.2) is 60.9 Å². The highest BCUT2D eigenvalue weighted by atomic mass is 16.2. The van der Waals surface area contributed by atoms with Gasteiger partial charge < -0.3 is 10.6 Å². The van der Waals surface area contributed by atoms with E-state index >= 15 is 0 Å². The summed E-state index contributed by atoms with van der Waals surface area (Å²) in [6.07, 6.45) is 3.60. The van der Waals surface area contributed by atoms with Gasteiger partial charge in [-0.25, -0.2) is 9.67 Å². The number of rotatable bonds is 4. The highest BCUT2D eigenvalue weighted by Crippen LogP contribution is 2.16. The average Bonchev–Trinajstić information content (AvgIpc) is 3.09. The van der Waals surface area contributed by atoms with Crippen LogP contribution in [0.5, 0.6) is 0 Å². The van der Waals surface area contributed by atoms with Crippen LogP contribution < -0.4 is 5.73 Å². The molecule has 0 bridgehead atoms. The number of hydrogen-bond acceptors (Lipinski definition) is 4. The minimum absolute atomic E-state index is 0.174. The van der Waals surface area contributed by atoms with Crippen LogP contribution in [0.25, 0.3) is 5.69 Å². The predicted molar refractivity (Wildman–Crippen MR) is 88.0 cm³/mol. The summed E-state index contributed by atoms with van der Waals surface area (Å²) < 4.78 is 1.78. The number of carbonyl (C=O) groups excluding carboxylic acids is 1. The van der Waals surface area contributed by atoms with Crippen LogP contribution in [0.3, 0.4) is 0 Å². The van der Waals surface area contributed by atoms with Gasteiger partial charge in [-0.15, -0.1) is 0 Å². The fourth-order valence-electron chi connectivity index (χ4n) is 2.37. The molecular weight excluding hydrogens is 290 g/mol. The number of pyridine rings is 1. The molecule has 0 radical (unpaired) electrons. The molecule has 0 aliphatic heterocycles. The van der Waals surface area contributed by atoms with Crippen LogP contribution in [-0.2, 0) is 6.54 Å². The molecule has 23 heavy (non-hydrogen) atoms. The topological polar surface area (TPSA) is 77.0 Å². The Labute approximate surface area is 134 Å². The average molecular weight is 307 g/mol. The van der Waals surface area contributed by atoms with E-state index in [1.165, 1.54) is 0 Å². The van der Waals surface area contributed by atoms with E-state index in [1.54, 1.807) is 41.0 Å². The van der Waals surface area contributed by atoms with Crippen molar-refractivity contribution in [3.63, 3.8) is 0 Å². The zero-order chi connectivity index (χ0) is 16.2. The number of para-hydroxylation sites is 1. The van der Waals surface area contributed by atoms with Crippen LogP contribution in [-0.4, -0.2) is 32.6 Å². The number of aromatic nitrogens is 3. The third-order valence-corrected chi connectivity index (χ3v) is 3.49. The number of amides is 1. The summed E-state index contributed by atoms with van der Waals surface area (Å²) in [6.45, 7) is 0.450. The highest BCUT2D eigenvalue weighted by Gasteiger charge is 2.15. The molecular formula is C17H17N5O. The molecule has 3 rings (SSSR count). The maximum atomic E-state index is 12.5.